The van der Waals surface area contributed by atoms with Crippen LogP contribution in [0.2, 0.25) is 0 Å². The van der Waals surface area contributed by atoms with E-state index in [1.54, 1.807) is 0 Å². The number of H-pyrrole nitrogens is 1. The third-order valence-corrected chi connectivity index (χ3v) is 3.52. The largest absolute Gasteiger partial charge is 0.397 e. The molecule has 0 bridgehead atoms. The van der Waals surface area contributed by atoms with Crippen LogP contribution in [-0.4, -0.2) is 15.0 Å². The van der Waals surface area contributed by atoms with E-state index in [-0.39, 0.29) is 0 Å². The number of hydrogen-bond acceptors (Lipinski definition) is 3. The van der Waals surface area contributed by atoms with Gasteiger partial charge in [0.2, 0.25) is 0 Å². The Balaban J connectivity index is 2.23. The Morgan fingerprint density at radius 3 is 2.68 bits per heavy atom. The molecular weight excluding hydrogens is 304 g/mol. The van der Waals surface area contributed by atoms with Crippen LogP contribution >= 0.6 is 15.9 Å². The second-order valence-corrected chi connectivity index (χ2v) is 5.48. The standard InChI is InChI=1S/C14H13BrN4/c1-7-3-4-10(8(2)17-7)14-18-12-6-9(15)5-11(16)13(12)19-14/h3-6H,16H2,1-2H3,(H,18,19). The summed E-state index contributed by atoms with van der Waals surface area (Å²) < 4.78 is 0.937. The van der Waals surface area contributed by atoms with Crippen LogP contribution in [0.4, 0.5) is 5.69 Å². The van der Waals surface area contributed by atoms with Gasteiger partial charge < -0.3 is 10.7 Å². The molecular formula is C14H13BrN4. The molecule has 2 heterocycles. The van der Waals surface area contributed by atoms with E-state index in [4.69, 9.17) is 5.73 Å². The van der Waals surface area contributed by atoms with Gasteiger partial charge in [0.25, 0.3) is 0 Å². The maximum Gasteiger partial charge on any atom is 0.140 e. The number of halogens is 1. The predicted octanol–water partition coefficient (Wildman–Crippen LogP) is 3.59. The Kier molecular flexibility index (Phi) is 2.78. The summed E-state index contributed by atoms with van der Waals surface area (Å²) in [4.78, 5) is 12.3. The van der Waals surface area contributed by atoms with Crippen molar-refractivity contribution >= 4 is 32.7 Å². The minimum Gasteiger partial charge on any atom is -0.397 e. The molecule has 3 aromatic rings. The number of nitrogens with zero attached hydrogens (tertiary/aromatic N) is 2. The molecule has 4 nitrogen and oxygen atoms in total. The number of hydrogen-bond donors (Lipinski definition) is 2. The molecule has 0 saturated carbocycles. The Labute approximate surface area is 119 Å². The van der Waals surface area contributed by atoms with Gasteiger partial charge in [0.1, 0.15) is 11.3 Å². The number of nitrogens with one attached hydrogen (secondary N) is 1. The Morgan fingerprint density at radius 2 is 1.95 bits per heavy atom. The molecule has 3 N–H and O–H groups in total. The summed E-state index contributed by atoms with van der Waals surface area (Å²) in [5.41, 5.74) is 11.3. The summed E-state index contributed by atoms with van der Waals surface area (Å²) in [5.74, 6) is 0.796. The van der Waals surface area contributed by atoms with Crippen LogP contribution < -0.4 is 5.73 Å². The minimum atomic E-state index is 0.657. The zero-order valence-corrected chi connectivity index (χ0v) is 12.2. The first-order valence-corrected chi connectivity index (χ1v) is 6.73. The number of nitrogen functional groups attached to an aromatic ring is 1. The van der Waals surface area contributed by atoms with Crippen LogP contribution in [0.5, 0.6) is 0 Å². The number of aromatic nitrogens is 3. The van der Waals surface area contributed by atoms with Crippen molar-refractivity contribution in [1.82, 2.24) is 15.0 Å². The van der Waals surface area contributed by atoms with Gasteiger partial charge in [0.15, 0.2) is 0 Å². The molecule has 0 fully saturated rings. The van der Waals surface area contributed by atoms with Gasteiger partial charge >= 0.3 is 0 Å². The lowest BCUT2D eigenvalue weighted by Crippen LogP contribution is -1.91. The molecule has 0 amide bonds. The molecule has 0 aliphatic carbocycles. The molecule has 0 atom stereocenters. The van der Waals surface area contributed by atoms with Gasteiger partial charge in [-0.2, -0.15) is 0 Å². The smallest absolute Gasteiger partial charge is 0.140 e. The first-order valence-electron chi connectivity index (χ1n) is 5.94. The van der Waals surface area contributed by atoms with Crippen LogP contribution in [-0.2, 0) is 0 Å². The van der Waals surface area contributed by atoms with Gasteiger partial charge in [0.05, 0.1) is 11.2 Å². The summed E-state index contributed by atoms with van der Waals surface area (Å²) in [6, 6.07) is 7.84. The van der Waals surface area contributed by atoms with E-state index in [2.05, 4.69) is 30.9 Å². The Hall–Kier alpha value is -1.88. The molecule has 2 aromatic heterocycles. The van der Waals surface area contributed by atoms with Crippen LogP contribution in [0.3, 0.4) is 0 Å². The summed E-state index contributed by atoms with van der Waals surface area (Å²) >= 11 is 3.43. The van der Waals surface area contributed by atoms with Gasteiger partial charge in [-0.1, -0.05) is 15.9 Å². The fourth-order valence-electron chi connectivity index (χ4n) is 2.17. The Bertz CT molecular complexity index is 776. The molecule has 0 aliphatic heterocycles. The van der Waals surface area contributed by atoms with Gasteiger partial charge in [-0.3, -0.25) is 4.98 Å². The first kappa shape index (κ1) is 12.2. The van der Waals surface area contributed by atoms with E-state index < -0.39 is 0 Å². The van der Waals surface area contributed by atoms with Crippen molar-refractivity contribution in [2.75, 3.05) is 5.73 Å². The van der Waals surface area contributed by atoms with Crippen LogP contribution in [0.15, 0.2) is 28.7 Å². The van der Waals surface area contributed by atoms with Crippen molar-refractivity contribution in [2.24, 2.45) is 0 Å². The SMILES string of the molecule is Cc1ccc(-c2nc3c(N)cc(Br)cc3[nH]2)c(C)n1. The number of anilines is 1. The molecule has 0 spiro atoms. The van der Waals surface area contributed by atoms with Gasteiger partial charge in [0, 0.05) is 21.4 Å². The minimum absolute atomic E-state index is 0.657. The lowest BCUT2D eigenvalue weighted by Gasteiger charge is -2.02. The Morgan fingerprint density at radius 1 is 1.16 bits per heavy atom. The van der Waals surface area contributed by atoms with E-state index in [1.807, 2.05) is 38.1 Å². The molecule has 0 radical (unpaired) electrons. The van der Waals surface area contributed by atoms with Crippen molar-refractivity contribution in [3.05, 3.63) is 40.1 Å². The highest BCUT2D eigenvalue weighted by atomic mass is 79.9. The van der Waals surface area contributed by atoms with Crippen molar-refractivity contribution in [3.8, 4) is 11.4 Å². The predicted molar refractivity (Wildman–Crippen MR) is 80.9 cm³/mol. The van der Waals surface area contributed by atoms with E-state index in [0.29, 0.717) is 5.69 Å². The summed E-state index contributed by atoms with van der Waals surface area (Å²) in [7, 11) is 0. The van der Waals surface area contributed by atoms with Crippen molar-refractivity contribution < 1.29 is 0 Å². The summed E-state index contributed by atoms with van der Waals surface area (Å²) in [6.07, 6.45) is 0. The molecule has 3 rings (SSSR count). The molecule has 1 aromatic carbocycles. The molecule has 19 heavy (non-hydrogen) atoms. The average molecular weight is 317 g/mol. The van der Waals surface area contributed by atoms with Gasteiger partial charge in [-0.05, 0) is 38.1 Å². The number of nitrogens with two attached hydrogens (primary N) is 1. The monoisotopic (exact) mass is 316 g/mol. The van der Waals surface area contributed by atoms with Crippen molar-refractivity contribution in [3.63, 3.8) is 0 Å². The second-order valence-electron chi connectivity index (χ2n) is 4.56. The maximum atomic E-state index is 5.98. The second kappa shape index (κ2) is 4.35. The van der Waals surface area contributed by atoms with Crippen molar-refractivity contribution in [2.45, 2.75) is 13.8 Å². The first-order chi connectivity index (χ1) is 9.04. The molecule has 5 heteroatoms. The van der Waals surface area contributed by atoms with Crippen LogP contribution in [0.25, 0.3) is 22.4 Å². The lowest BCUT2D eigenvalue weighted by atomic mass is 10.2. The van der Waals surface area contributed by atoms with Crippen molar-refractivity contribution in [1.29, 1.82) is 0 Å². The van der Waals surface area contributed by atoms with Gasteiger partial charge in [-0.25, -0.2) is 4.98 Å². The summed E-state index contributed by atoms with van der Waals surface area (Å²) in [5, 5.41) is 0. The normalized spacial score (nSPS) is 11.1. The topological polar surface area (TPSA) is 67.6 Å². The van der Waals surface area contributed by atoms with Gasteiger partial charge in [-0.15, -0.1) is 0 Å². The van der Waals surface area contributed by atoms with E-state index in [1.165, 1.54) is 0 Å². The number of rotatable bonds is 1. The van der Waals surface area contributed by atoms with E-state index in [9.17, 15) is 0 Å². The zero-order chi connectivity index (χ0) is 13.6. The molecule has 0 saturated heterocycles. The number of benzene rings is 1. The average Bonchev–Trinajstić information content (AvgIpc) is 2.72. The lowest BCUT2D eigenvalue weighted by molar-refractivity contribution is 1.11. The number of imidazole rings is 1. The summed E-state index contributed by atoms with van der Waals surface area (Å²) in [6.45, 7) is 3.96. The van der Waals surface area contributed by atoms with E-state index in [0.717, 1.165) is 38.3 Å². The third-order valence-electron chi connectivity index (χ3n) is 3.06. The number of pyridine rings is 1. The number of aryl methyl sites for hydroxylation is 2. The molecule has 0 unspecified atom stereocenters. The zero-order valence-electron chi connectivity index (χ0n) is 10.7. The highest BCUT2D eigenvalue weighted by Crippen LogP contribution is 2.28. The van der Waals surface area contributed by atoms with Crippen LogP contribution in [0.1, 0.15) is 11.4 Å². The molecule has 96 valence electrons. The van der Waals surface area contributed by atoms with E-state index >= 15 is 0 Å². The fraction of sp³-hybridized carbons (Fsp3) is 0.143. The quantitative estimate of drug-likeness (QED) is 0.674. The number of fused-ring (bicyclic) bond motifs is 1. The number of aromatic amines is 1. The fourth-order valence-corrected chi connectivity index (χ4v) is 2.65. The highest BCUT2D eigenvalue weighted by molar-refractivity contribution is 9.10. The maximum absolute atomic E-state index is 5.98. The third kappa shape index (κ3) is 2.10. The van der Waals surface area contributed by atoms with Crippen LogP contribution in [0, 0.1) is 13.8 Å². The highest BCUT2D eigenvalue weighted by Gasteiger charge is 2.11. The molecule has 0 aliphatic rings.